The Balaban J connectivity index is 1.89. The number of alkyl halides is 3. The lowest BCUT2D eigenvalue weighted by atomic mass is 10.0. The van der Waals surface area contributed by atoms with Crippen LogP contribution >= 0.6 is 0 Å². The minimum Gasteiger partial charge on any atom is -0.494 e. The minimum atomic E-state index is -4.62. The van der Waals surface area contributed by atoms with Crippen molar-refractivity contribution < 1.29 is 37.1 Å². The molecule has 0 aliphatic carbocycles. The van der Waals surface area contributed by atoms with Crippen LogP contribution in [0, 0.1) is 0 Å². The predicted octanol–water partition coefficient (Wildman–Crippen LogP) is 2.58. The Morgan fingerprint density at radius 2 is 1.76 bits per heavy atom. The van der Waals surface area contributed by atoms with E-state index in [1.54, 1.807) is 24.3 Å². The second-order valence-electron chi connectivity index (χ2n) is 9.93. The van der Waals surface area contributed by atoms with Crippen LogP contribution in [0.4, 0.5) is 13.2 Å². The Morgan fingerprint density at radius 1 is 1.00 bits per heavy atom. The minimum absolute atomic E-state index is 0.0622. The maximum atomic E-state index is 13.4. The van der Waals surface area contributed by atoms with Crippen molar-refractivity contribution in [3.8, 4) is 5.75 Å². The van der Waals surface area contributed by atoms with Crippen molar-refractivity contribution in [1.82, 2.24) is 21.3 Å². The summed E-state index contributed by atoms with van der Waals surface area (Å²) < 4.78 is 44.1. The molecule has 1 heterocycles. The molecule has 0 spiro atoms. The van der Waals surface area contributed by atoms with Crippen molar-refractivity contribution in [1.29, 1.82) is 0 Å². The number of amides is 4. The third-order valence-corrected chi connectivity index (χ3v) is 6.48. The standard InChI is InChI=1S/C29H35F3N4O5/c1-19(37)34-25-17-21-10-7-11-22(16-21)41-15-6-5-12-23(26(38)33-18-29(30,31)32)35-27(39)24(36-28(25)40)14-13-20-8-3-2-4-9-20/h2-4,7-11,16,23-25H,5-6,12-15,17-18H2,1H3,(H,33,38)(H,34,37)(H,35,39)(H,36,40)/t23-,24-,25-/m0/s1. The Bertz CT molecular complexity index is 1190. The first-order valence-electron chi connectivity index (χ1n) is 13.5. The maximum Gasteiger partial charge on any atom is 0.405 e. The lowest BCUT2D eigenvalue weighted by Crippen LogP contribution is -2.57. The smallest absolute Gasteiger partial charge is 0.405 e. The normalized spacial score (nSPS) is 20.6. The highest BCUT2D eigenvalue weighted by Gasteiger charge is 2.32. The van der Waals surface area contributed by atoms with Gasteiger partial charge in [0, 0.05) is 13.3 Å². The number of benzene rings is 2. The van der Waals surface area contributed by atoms with Gasteiger partial charge in [-0.05, 0) is 55.4 Å². The number of carbonyl (C=O) groups excluding carboxylic acids is 4. The zero-order valence-corrected chi connectivity index (χ0v) is 22.8. The Hall–Kier alpha value is -4.09. The van der Waals surface area contributed by atoms with Crippen LogP contribution < -0.4 is 26.0 Å². The van der Waals surface area contributed by atoms with Crippen LogP contribution in [0.2, 0.25) is 0 Å². The maximum absolute atomic E-state index is 13.4. The lowest BCUT2D eigenvalue weighted by molar-refractivity contribution is -0.141. The molecule has 1 aliphatic heterocycles. The molecule has 2 aromatic carbocycles. The van der Waals surface area contributed by atoms with Gasteiger partial charge in [-0.25, -0.2) is 0 Å². The van der Waals surface area contributed by atoms with Crippen LogP contribution in [-0.2, 0) is 32.0 Å². The summed E-state index contributed by atoms with van der Waals surface area (Å²) in [6.45, 7) is 0.00336. The van der Waals surface area contributed by atoms with Crippen molar-refractivity contribution in [3.05, 3.63) is 65.7 Å². The topological polar surface area (TPSA) is 126 Å². The molecule has 222 valence electrons. The van der Waals surface area contributed by atoms with Gasteiger partial charge in [-0.1, -0.05) is 42.5 Å². The van der Waals surface area contributed by atoms with E-state index in [4.69, 9.17) is 4.74 Å². The van der Waals surface area contributed by atoms with Gasteiger partial charge in [0.2, 0.25) is 23.6 Å². The summed E-state index contributed by atoms with van der Waals surface area (Å²) in [6, 6.07) is 12.9. The number of ether oxygens (including phenoxy) is 1. The molecule has 0 radical (unpaired) electrons. The Kier molecular flexibility index (Phi) is 11.5. The average Bonchev–Trinajstić information content (AvgIpc) is 2.92. The average molecular weight is 577 g/mol. The molecule has 4 N–H and O–H groups in total. The molecule has 2 bridgehead atoms. The fourth-order valence-corrected chi connectivity index (χ4v) is 4.44. The van der Waals surface area contributed by atoms with Gasteiger partial charge in [0.1, 0.15) is 30.4 Å². The Morgan fingerprint density at radius 3 is 2.46 bits per heavy atom. The molecular weight excluding hydrogens is 541 g/mol. The lowest BCUT2D eigenvalue weighted by Gasteiger charge is -2.26. The van der Waals surface area contributed by atoms with Crippen molar-refractivity contribution in [2.45, 2.75) is 69.8 Å². The molecule has 4 amide bonds. The molecule has 12 heteroatoms. The van der Waals surface area contributed by atoms with Crippen LogP contribution in [0.5, 0.6) is 5.75 Å². The summed E-state index contributed by atoms with van der Waals surface area (Å²) in [7, 11) is 0. The molecule has 1 aliphatic rings. The summed E-state index contributed by atoms with van der Waals surface area (Å²) in [4.78, 5) is 51.4. The summed E-state index contributed by atoms with van der Waals surface area (Å²) in [5.74, 6) is -2.21. The van der Waals surface area contributed by atoms with E-state index in [0.717, 1.165) is 11.1 Å². The van der Waals surface area contributed by atoms with Gasteiger partial charge >= 0.3 is 6.18 Å². The van der Waals surface area contributed by atoms with Gasteiger partial charge in [-0.15, -0.1) is 0 Å². The van der Waals surface area contributed by atoms with Crippen molar-refractivity contribution in [2.75, 3.05) is 13.2 Å². The van der Waals surface area contributed by atoms with E-state index in [1.165, 1.54) is 6.92 Å². The Labute approximate surface area is 236 Å². The molecule has 2 aromatic rings. The van der Waals surface area contributed by atoms with Crippen molar-refractivity contribution in [3.63, 3.8) is 0 Å². The van der Waals surface area contributed by atoms with E-state index in [-0.39, 0.29) is 25.9 Å². The van der Waals surface area contributed by atoms with Gasteiger partial charge in [0.25, 0.3) is 0 Å². The summed E-state index contributed by atoms with van der Waals surface area (Å²) >= 11 is 0. The van der Waals surface area contributed by atoms with Gasteiger partial charge in [0.05, 0.1) is 6.61 Å². The third kappa shape index (κ3) is 11.1. The van der Waals surface area contributed by atoms with Crippen LogP contribution in [0.3, 0.4) is 0 Å². The van der Waals surface area contributed by atoms with Gasteiger partial charge in [-0.2, -0.15) is 13.2 Å². The first kappa shape index (κ1) is 31.4. The highest BCUT2D eigenvalue weighted by Crippen LogP contribution is 2.17. The summed E-state index contributed by atoms with van der Waals surface area (Å²) in [6.07, 6.45) is -3.03. The number of carbonyl (C=O) groups is 4. The zero-order chi connectivity index (χ0) is 29.8. The highest BCUT2D eigenvalue weighted by molar-refractivity contribution is 5.94. The highest BCUT2D eigenvalue weighted by atomic mass is 19.4. The number of nitrogens with one attached hydrogen (secondary N) is 4. The molecule has 0 unspecified atom stereocenters. The van der Waals surface area contributed by atoms with Crippen LogP contribution in [0.15, 0.2) is 54.6 Å². The second kappa shape index (κ2) is 15.1. The molecule has 0 aromatic heterocycles. The number of halogens is 3. The molecular formula is C29H35F3N4O5. The number of hydrogen-bond acceptors (Lipinski definition) is 5. The van der Waals surface area contributed by atoms with Crippen LogP contribution in [0.1, 0.15) is 43.7 Å². The van der Waals surface area contributed by atoms with Crippen molar-refractivity contribution in [2.24, 2.45) is 0 Å². The number of fused-ring (bicyclic) bond motifs is 2. The van der Waals surface area contributed by atoms with Crippen LogP contribution in [0.25, 0.3) is 0 Å². The monoisotopic (exact) mass is 576 g/mol. The van der Waals surface area contributed by atoms with E-state index in [1.807, 2.05) is 35.6 Å². The fraction of sp³-hybridized carbons (Fsp3) is 0.448. The SMILES string of the molecule is CC(=O)N[C@H]1Cc2cccc(c2)OCCCC[C@@H](C(=O)NCC(F)(F)F)NC(=O)[C@H](CCc2ccccc2)NC1=O. The quantitative estimate of drug-likeness (QED) is 0.421. The van der Waals surface area contributed by atoms with E-state index < -0.39 is 54.5 Å². The third-order valence-electron chi connectivity index (χ3n) is 6.48. The van der Waals surface area contributed by atoms with E-state index in [0.29, 0.717) is 25.0 Å². The van der Waals surface area contributed by atoms with E-state index in [9.17, 15) is 32.3 Å². The molecule has 41 heavy (non-hydrogen) atoms. The zero-order valence-electron chi connectivity index (χ0n) is 22.8. The number of rotatable bonds is 6. The fourth-order valence-electron chi connectivity index (χ4n) is 4.44. The van der Waals surface area contributed by atoms with E-state index in [2.05, 4.69) is 16.0 Å². The molecule has 3 rings (SSSR count). The van der Waals surface area contributed by atoms with Gasteiger partial charge in [0.15, 0.2) is 0 Å². The number of aryl methyl sites for hydroxylation is 1. The molecule has 9 nitrogen and oxygen atoms in total. The van der Waals surface area contributed by atoms with E-state index >= 15 is 0 Å². The van der Waals surface area contributed by atoms with Gasteiger partial charge in [-0.3, -0.25) is 19.2 Å². The predicted molar refractivity (Wildman–Crippen MR) is 145 cm³/mol. The largest absolute Gasteiger partial charge is 0.494 e. The molecule has 0 saturated carbocycles. The summed E-state index contributed by atoms with van der Waals surface area (Å²) in [5.41, 5.74) is 1.63. The molecule has 0 saturated heterocycles. The van der Waals surface area contributed by atoms with Crippen molar-refractivity contribution >= 4 is 23.6 Å². The first-order chi connectivity index (χ1) is 19.5. The molecule has 3 atom stereocenters. The number of hydrogen-bond donors (Lipinski definition) is 4. The summed E-state index contributed by atoms with van der Waals surface area (Å²) in [5, 5.41) is 9.68. The first-order valence-corrected chi connectivity index (χ1v) is 13.5. The van der Waals surface area contributed by atoms with Crippen LogP contribution in [-0.4, -0.2) is 61.1 Å². The van der Waals surface area contributed by atoms with Gasteiger partial charge < -0.3 is 26.0 Å². The molecule has 0 fully saturated rings. The second-order valence-corrected chi connectivity index (χ2v) is 9.93.